The van der Waals surface area contributed by atoms with Gasteiger partial charge < -0.3 is 4.98 Å². The molecule has 0 saturated heterocycles. The van der Waals surface area contributed by atoms with Crippen molar-refractivity contribution in [3.8, 4) is 11.4 Å². The average molecular weight is 366 g/mol. The van der Waals surface area contributed by atoms with E-state index in [-0.39, 0.29) is 5.56 Å². The maximum atomic E-state index is 12.5. The van der Waals surface area contributed by atoms with Gasteiger partial charge in [-0.1, -0.05) is 53.6 Å². The molecule has 26 heavy (non-hydrogen) atoms. The number of aryl methyl sites for hydroxylation is 1. The molecule has 2 heterocycles. The number of rotatable bonds is 3. The van der Waals surface area contributed by atoms with Crippen molar-refractivity contribution < 1.29 is 0 Å². The Kier molecular flexibility index (Phi) is 4.62. The SMILES string of the molecule is Cc1ccc(-c2nc3c(c(=O)[nH]2)CCN(Cc2cccc(Cl)c2)C3)cc1. The van der Waals surface area contributed by atoms with Crippen molar-refractivity contribution in [1.82, 2.24) is 14.9 Å². The number of fused-ring (bicyclic) bond motifs is 1. The van der Waals surface area contributed by atoms with Gasteiger partial charge in [0.15, 0.2) is 0 Å². The number of aromatic amines is 1. The summed E-state index contributed by atoms with van der Waals surface area (Å²) in [7, 11) is 0. The van der Waals surface area contributed by atoms with Gasteiger partial charge in [0.2, 0.25) is 0 Å². The van der Waals surface area contributed by atoms with Crippen LogP contribution >= 0.6 is 11.6 Å². The van der Waals surface area contributed by atoms with Gasteiger partial charge in [-0.15, -0.1) is 0 Å². The number of nitrogens with one attached hydrogen (secondary N) is 1. The third-order valence-corrected chi connectivity index (χ3v) is 5.01. The van der Waals surface area contributed by atoms with E-state index in [0.29, 0.717) is 18.8 Å². The molecule has 5 heteroatoms. The number of hydrogen-bond acceptors (Lipinski definition) is 3. The molecule has 0 saturated carbocycles. The van der Waals surface area contributed by atoms with E-state index in [0.717, 1.165) is 34.9 Å². The highest BCUT2D eigenvalue weighted by Gasteiger charge is 2.21. The number of halogens is 1. The third kappa shape index (κ3) is 3.57. The molecule has 1 aliphatic rings. The summed E-state index contributed by atoms with van der Waals surface area (Å²) in [6.07, 6.45) is 0.715. The van der Waals surface area contributed by atoms with Crippen LogP contribution in [0.4, 0.5) is 0 Å². The zero-order valence-electron chi connectivity index (χ0n) is 14.6. The summed E-state index contributed by atoms with van der Waals surface area (Å²) in [6, 6.07) is 15.9. The standard InChI is InChI=1S/C21H20ClN3O/c1-14-5-7-16(8-6-14)20-23-19-13-25(10-9-18(19)21(26)24-20)12-15-3-2-4-17(22)11-15/h2-8,11H,9-10,12-13H2,1H3,(H,23,24,26). The number of nitrogens with zero attached hydrogens (tertiary/aromatic N) is 2. The van der Waals surface area contributed by atoms with Gasteiger partial charge in [-0.2, -0.15) is 0 Å². The van der Waals surface area contributed by atoms with Crippen molar-refractivity contribution in [1.29, 1.82) is 0 Å². The number of hydrogen-bond donors (Lipinski definition) is 1. The van der Waals surface area contributed by atoms with Crippen LogP contribution in [0.5, 0.6) is 0 Å². The molecule has 0 atom stereocenters. The summed E-state index contributed by atoms with van der Waals surface area (Å²) < 4.78 is 0. The predicted octanol–water partition coefficient (Wildman–Crippen LogP) is 3.96. The minimum atomic E-state index is -0.0204. The Labute approximate surface area is 157 Å². The van der Waals surface area contributed by atoms with Crippen molar-refractivity contribution in [2.24, 2.45) is 0 Å². The Morgan fingerprint density at radius 3 is 2.77 bits per heavy atom. The molecule has 0 spiro atoms. The topological polar surface area (TPSA) is 49.0 Å². The van der Waals surface area contributed by atoms with Crippen LogP contribution in [0.2, 0.25) is 5.02 Å². The molecule has 3 aromatic rings. The molecule has 0 fully saturated rings. The van der Waals surface area contributed by atoms with Crippen LogP contribution < -0.4 is 5.56 Å². The van der Waals surface area contributed by atoms with Crippen molar-refractivity contribution in [3.63, 3.8) is 0 Å². The van der Waals surface area contributed by atoms with Gasteiger partial charge in [0.1, 0.15) is 5.82 Å². The molecular weight excluding hydrogens is 346 g/mol. The summed E-state index contributed by atoms with van der Waals surface area (Å²) in [5.41, 5.74) is 4.95. The Morgan fingerprint density at radius 1 is 1.19 bits per heavy atom. The average Bonchev–Trinajstić information content (AvgIpc) is 2.62. The smallest absolute Gasteiger partial charge is 0.254 e. The Bertz CT molecular complexity index is 995. The molecule has 0 amide bonds. The molecule has 0 unspecified atom stereocenters. The van der Waals surface area contributed by atoms with Gasteiger partial charge in [-0.3, -0.25) is 9.69 Å². The second-order valence-corrected chi connectivity index (χ2v) is 7.23. The first-order valence-corrected chi connectivity index (χ1v) is 9.12. The van der Waals surface area contributed by atoms with E-state index in [2.05, 4.69) is 16.0 Å². The Morgan fingerprint density at radius 2 is 2.00 bits per heavy atom. The largest absolute Gasteiger partial charge is 0.306 e. The number of benzene rings is 2. The molecule has 4 nitrogen and oxygen atoms in total. The van der Waals surface area contributed by atoms with Crippen LogP contribution in [0, 0.1) is 6.92 Å². The molecule has 0 bridgehead atoms. The fourth-order valence-electron chi connectivity index (χ4n) is 3.37. The lowest BCUT2D eigenvalue weighted by Gasteiger charge is -2.27. The molecule has 1 N–H and O–H groups in total. The molecule has 2 aromatic carbocycles. The van der Waals surface area contributed by atoms with E-state index in [1.807, 2.05) is 49.4 Å². The van der Waals surface area contributed by atoms with Gasteiger partial charge in [-0.05, 0) is 31.0 Å². The van der Waals surface area contributed by atoms with E-state index in [9.17, 15) is 4.79 Å². The fraction of sp³-hybridized carbons (Fsp3) is 0.238. The first kappa shape index (κ1) is 17.0. The molecule has 4 rings (SSSR count). The summed E-state index contributed by atoms with van der Waals surface area (Å²) in [5, 5.41) is 0.746. The monoisotopic (exact) mass is 365 g/mol. The van der Waals surface area contributed by atoms with E-state index in [4.69, 9.17) is 16.6 Å². The van der Waals surface area contributed by atoms with Crippen molar-refractivity contribution in [2.75, 3.05) is 6.54 Å². The van der Waals surface area contributed by atoms with Gasteiger partial charge in [0, 0.05) is 35.8 Å². The van der Waals surface area contributed by atoms with Crippen LogP contribution in [0.1, 0.15) is 22.4 Å². The first-order valence-electron chi connectivity index (χ1n) is 8.74. The molecule has 0 radical (unpaired) electrons. The van der Waals surface area contributed by atoms with Crippen LogP contribution in [-0.4, -0.2) is 21.4 Å². The molecule has 1 aliphatic heterocycles. The van der Waals surface area contributed by atoms with E-state index < -0.39 is 0 Å². The quantitative estimate of drug-likeness (QED) is 0.764. The molecule has 132 valence electrons. The summed E-state index contributed by atoms with van der Waals surface area (Å²) in [4.78, 5) is 22.5. The molecule has 0 aliphatic carbocycles. The number of aromatic nitrogens is 2. The van der Waals surface area contributed by atoms with E-state index >= 15 is 0 Å². The van der Waals surface area contributed by atoms with Gasteiger partial charge in [-0.25, -0.2) is 4.98 Å². The molecular formula is C21H20ClN3O. The van der Waals surface area contributed by atoms with Gasteiger partial charge >= 0.3 is 0 Å². The summed E-state index contributed by atoms with van der Waals surface area (Å²) in [6.45, 7) is 4.35. The minimum Gasteiger partial charge on any atom is -0.306 e. The van der Waals surface area contributed by atoms with Crippen LogP contribution in [-0.2, 0) is 19.5 Å². The zero-order chi connectivity index (χ0) is 18.1. The second kappa shape index (κ2) is 7.06. The van der Waals surface area contributed by atoms with Crippen molar-refractivity contribution in [2.45, 2.75) is 26.4 Å². The summed E-state index contributed by atoms with van der Waals surface area (Å²) in [5.74, 6) is 0.637. The van der Waals surface area contributed by atoms with Crippen LogP contribution in [0.15, 0.2) is 53.3 Å². The maximum Gasteiger partial charge on any atom is 0.254 e. The van der Waals surface area contributed by atoms with E-state index in [1.165, 1.54) is 11.1 Å². The highest BCUT2D eigenvalue weighted by atomic mass is 35.5. The highest BCUT2D eigenvalue weighted by molar-refractivity contribution is 6.30. The van der Waals surface area contributed by atoms with Crippen molar-refractivity contribution in [3.05, 3.63) is 86.3 Å². The van der Waals surface area contributed by atoms with Crippen LogP contribution in [0.25, 0.3) is 11.4 Å². The van der Waals surface area contributed by atoms with Crippen molar-refractivity contribution >= 4 is 11.6 Å². The lowest BCUT2D eigenvalue weighted by molar-refractivity contribution is 0.240. The van der Waals surface area contributed by atoms with Crippen LogP contribution in [0.3, 0.4) is 0 Å². The maximum absolute atomic E-state index is 12.5. The van der Waals surface area contributed by atoms with E-state index in [1.54, 1.807) is 0 Å². The minimum absolute atomic E-state index is 0.0204. The Hall–Kier alpha value is -2.43. The first-order chi connectivity index (χ1) is 12.6. The van der Waals surface area contributed by atoms with Gasteiger partial charge in [0.05, 0.1) is 5.69 Å². The predicted molar refractivity (Wildman–Crippen MR) is 104 cm³/mol. The second-order valence-electron chi connectivity index (χ2n) is 6.80. The highest BCUT2D eigenvalue weighted by Crippen LogP contribution is 2.21. The van der Waals surface area contributed by atoms with Gasteiger partial charge in [0.25, 0.3) is 5.56 Å². The lowest BCUT2D eigenvalue weighted by atomic mass is 10.0. The lowest BCUT2D eigenvalue weighted by Crippen LogP contribution is -2.35. The Balaban J connectivity index is 1.61. The fourth-order valence-corrected chi connectivity index (χ4v) is 3.58. The zero-order valence-corrected chi connectivity index (χ0v) is 15.4. The normalized spacial score (nSPS) is 14.2. The summed E-state index contributed by atoms with van der Waals surface area (Å²) >= 11 is 6.09. The molecule has 1 aromatic heterocycles. The third-order valence-electron chi connectivity index (χ3n) is 4.77. The number of H-pyrrole nitrogens is 1.